The average Bonchev–Trinajstić information content (AvgIpc) is 2.88. The maximum atomic E-state index is 4.48. The minimum absolute atomic E-state index is 0.439. The van der Waals surface area contributed by atoms with Gasteiger partial charge in [-0.1, -0.05) is 44.2 Å². The van der Waals surface area contributed by atoms with Gasteiger partial charge in [-0.25, -0.2) is 0 Å². The van der Waals surface area contributed by atoms with E-state index >= 15 is 0 Å². The monoisotopic (exact) mass is 271 g/mol. The van der Waals surface area contributed by atoms with Gasteiger partial charge in [0.1, 0.15) is 0 Å². The second kappa shape index (κ2) is 5.12. The third-order valence-electron chi connectivity index (χ3n) is 4.79. The minimum Gasteiger partial charge on any atom is -0.353 e. The summed E-state index contributed by atoms with van der Waals surface area (Å²) >= 11 is 0. The van der Waals surface area contributed by atoms with Crippen LogP contribution in [0.25, 0.3) is 0 Å². The SMILES string of the molecule is CN=C(NC1CC1(C)C)N1CCC(c2ccccc2)C1. The van der Waals surface area contributed by atoms with Crippen LogP contribution in [0.2, 0.25) is 0 Å². The van der Waals surface area contributed by atoms with Crippen LogP contribution >= 0.6 is 0 Å². The van der Waals surface area contributed by atoms with Crippen molar-refractivity contribution in [3.8, 4) is 0 Å². The largest absolute Gasteiger partial charge is 0.353 e. The summed E-state index contributed by atoms with van der Waals surface area (Å²) in [6.45, 7) is 6.81. The van der Waals surface area contributed by atoms with Crippen molar-refractivity contribution in [2.45, 2.75) is 38.6 Å². The first-order valence-corrected chi connectivity index (χ1v) is 7.63. The lowest BCUT2D eigenvalue weighted by molar-refractivity contribution is 0.475. The molecule has 3 nitrogen and oxygen atoms in total. The van der Waals surface area contributed by atoms with Gasteiger partial charge in [0.25, 0.3) is 0 Å². The van der Waals surface area contributed by atoms with Crippen LogP contribution in [0.4, 0.5) is 0 Å². The summed E-state index contributed by atoms with van der Waals surface area (Å²) in [6, 6.07) is 11.4. The second-order valence-electron chi connectivity index (χ2n) is 6.78. The molecule has 1 aromatic rings. The molecule has 2 unspecified atom stereocenters. The molecule has 0 amide bonds. The van der Waals surface area contributed by atoms with Gasteiger partial charge >= 0.3 is 0 Å². The highest BCUT2D eigenvalue weighted by Gasteiger charge is 2.46. The number of guanidine groups is 1. The highest BCUT2D eigenvalue weighted by atomic mass is 15.3. The van der Waals surface area contributed by atoms with E-state index in [0.717, 1.165) is 19.0 Å². The Morgan fingerprint density at radius 2 is 2.00 bits per heavy atom. The molecule has 3 rings (SSSR count). The van der Waals surface area contributed by atoms with E-state index in [9.17, 15) is 0 Å². The first kappa shape index (κ1) is 13.5. The topological polar surface area (TPSA) is 27.6 Å². The number of nitrogens with zero attached hydrogens (tertiary/aromatic N) is 2. The van der Waals surface area contributed by atoms with Crippen molar-refractivity contribution in [1.82, 2.24) is 10.2 Å². The molecule has 1 aliphatic heterocycles. The minimum atomic E-state index is 0.439. The molecule has 2 atom stereocenters. The molecule has 1 N–H and O–H groups in total. The molecule has 1 heterocycles. The molecule has 1 saturated carbocycles. The van der Waals surface area contributed by atoms with Crippen molar-refractivity contribution in [3.05, 3.63) is 35.9 Å². The summed E-state index contributed by atoms with van der Waals surface area (Å²) in [5.41, 5.74) is 1.89. The van der Waals surface area contributed by atoms with Crippen LogP contribution in [-0.4, -0.2) is 37.0 Å². The molecule has 20 heavy (non-hydrogen) atoms. The zero-order valence-corrected chi connectivity index (χ0v) is 12.8. The smallest absolute Gasteiger partial charge is 0.193 e. The van der Waals surface area contributed by atoms with Gasteiger partial charge in [-0.05, 0) is 23.8 Å². The summed E-state index contributed by atoms with van der Waals surface area (Å²) < 4.78 is 0. The zero-order chi connectivity index (χ0) is 14.2. The van der Waals surface area contributed by atoms with E-state index < -0.39 is 0 Å². The molecule has 1 aliphatic carbocycles. The van der Waals surface area contributed by atoms with Gasteiger partial charge in [0.15, 0.2) is 5.96 Å². The molecule has 0 aromatic heterocycles. The Labute approximate surface area is 122 Å². The van der Waals surface area contributed by atoms with Gasteiger partial charge in [-0.15, -0.1) is 0 Å². The Kier molecular flexibility index (Phi) is 3.45. The van der Waals surface area contributed by atoms with Crippen LogP contribution in [0.5, 0.6) is 0 Å². The molecule has 0 radical (unpaired) electrons. The van der Waals surface area contributed by atoms with Crippen molar-refractivity contribution in [2.75, 3.05) is 20.1 Å². The number of aliphatic imine (C=N–C) groups is 1. The number of hydrogen-bond donors (Lipinski definition) is 1. The van der Waals surface area contributed by atoms with Gasteiger partial charge in [0.2, 0.25) is 0 Å². The van der Waals surface area contributed by atoms with Crippen molar-refractivity contribution in [2.24, 2.45) is 10.4 Å². The molecular weight excluding hydrogens is 246 g/mol. The second-order valence-corrected chi connectivity index (χ2v) is 6.78. The standard InChI is InChI=1S/C17H25N3/c1-17(2)11-15(17)19-16(18-3)20-10-9-14(12-20)13-7-5-4-6-8-13/h4-8,14-15H,9-12H2,1-3H3,(H,18,19). The van der Waals surface area contributed by atoms with Crippen LogP contribution in [0, 0.1) is 5.41 Å². The molecule has 0 spiro atoms. The van der Waals surface area contributed by atoms with E-state index in [1.807, 2.05) is 7.05 Å². The molecular formula is C17H25N3. The fourth-order valence-corrected chi connectivity index (χ4v) is 3.12. The van der Waals surface area contributed by atoms with Crippen LogP contribution in [0.3, 0.4) is 0 Å². The molecule has 2 aliphatic rings. The number of benzene rings is 1. The van der Waals surface area contributed by atoms with Gasteiger partial charge < -0.3 is 10.2 Å². The van der Waals surface area contributed by atoms with Crippen LogP contribution in [-0.2, 0) is 0 Å². The predicted molar refractivity (Wildman–Crippen MR) is 84.1 cm³/mol. The number of rotatable bonds is 2. The van der Waals surface area contributed by atoms with Gasteiger partial charge in [0, 0.05) is 32.1 Å². The van der Waals surface area contributed by atoms with Crippen LogP contribution in [0.15, 0.2) is 35.3 Å². The van der Waals surface area contributed by atoms with Crippen LogP contribution in [0.1, 0.15) is 38.2 Å². The normalized spacial score (nSPS) is 28.6. The quantitative estimate of drug-likeness (QED) is 0.661. The van der Waals surface area contributed by atoms with E-state index in [0.29, 0.717) is 17.4 Å². The molecule has 108 valence electrons. The highest BCUT2D eigenvalue weighted by molar-refractivity contribution is 5.81. The Bertz CT molecular complexity index is 492. The van der Waals surface area contributed by atoms with E-state index in [1.54, 1.807) is 0 Å². The van der Waals surface area contributed by atoms with E-state index in [4.69, 9.17) is 0 Å². The maximum Gasteiger partial charge on any atom is 0.193 e. The lowest BCUT2D eigenvalue weighted by atomic mass is 9.99. The van der Waals surface area contributed by atoms with E-state index in [2.05, 4.69) is 59.4 Å². The highest BCUT2D eigenvalue weighted by Crippen LogP contribution is 2.44. The molecule has 2 fully saturated rings. The maximum absolute atomic E-state index is 4.48. The predicted octanol–water partition coefficient (Wildman–Crippen LogP) is 2.85. The Balaban J connectivity index is 1.61. The van der Waals surface area contributed by atoms with Gasteiger partial charge in [-0.3, -0.25) is 4.99 Å². The van der Waals surface area contributed by atoms with Crippen molar-refractivity contribution < 1.29 is 0 Å². The lowest BCUT2D eigenvalue weighted by Crippen LogP contribution is -2.42. The summed E-state index contributed by atoms with van der Waals surface area (Å²) in [7, 11) is 1.90. The van der Waals surface area contributed by atoms with Crippen molar-refractivity contribution in [1.29, 1.82) is 0 Å². The fraction of sp³-hybridized carbons (Fsp3) is 0.588. The van der Waals surface area contributed by atoms with Gasteiger partial charge in [0.05, 0.1) is 0 Å². The van der Waals surface area contributed by atoms with E-state index in [1.165, 1.54) is 18.4 Å². The molecule has 1 aromatic carbocycles. The zero-order valence-electron chi connectivity index (χ0n) is 12.8. The van der Waals surface area contributed by atoms with Gasteiger partial charge in [-0.2, -0.15) is 0 Å². The summed E-state index contributed by atoms with van der Waals surface area (Å²) in [4.78, 5) is 6.88. The lowest BCUT2D eigenvalue weighted by Gasteiger charge is -2.22. The number of likely N-dealkylation sites (tertiary alicyclic amines) is 1. The first-order valence-electron chi connectivity index (χ1n) is 7.63. The molecule has 3 heteroatoms. The number of hydrogen-bond acceptors (Lipinski definition) is 1. The number of nitrogens with one attached hydrogen (secondary N) is 1. The first-order chi connectivity index (χ1) is 9.60. The Morgan fingerprint density at radius 3 is 2.60 bits per heavy atom. The van der Waals surface area contributed by atoms with Crippen LogP contribution < -0.4 is 5.32 Å². The Morgan fingerprint density at radius 1 is 1.30 bits per heavy atom. The summed E-state index contributed by atoms with van der Waals surface area (Å²) in [5.74, 6) is 1.72. The fourth-order valence-electron chi connectivity index (χ4n) is 3.12. The van der Waals surface area contributed by atoms with E-state index in [-0.39, 0.29) is 0 Å². The summed E-state index contributed by atoms with van der Waals surface area (Å²) in [6.07, 6.45) is 2.47. The Hall–Kier alpha value is -1.51. The molecule has 1 saturated heterocycles. The van der Waals surface area contributed by atoms with Crippen molar-refractivity contribution >= 4 is 5.96 Å². The third-order valence-corrected chi connectivity index (χ3v) is 4.79. The molecule has 0 bridgehead atoms. The van der Waals surface area contributed by atoms with Crippen molar-refractivity contribution in [3.63, 3.8) is 0 Å². The summed E-state index contributed by atoms with van der Waals surface area (Å²) in [5, 5.41) is 3.62. The average molecular weight is 271 g/mol. The third kappa shape index (κ3) is 2.67.